The number of nitrogens with two attached hydrogens (primary N) is 1. The lowest BCUT2D eigenvalue weighted by Crippen LogP contribution is -2.34. The lowest BCUT2D eigenvalue weighted by Gasteiger charge is -2.26. The van der Waals surface area contributed by atoms with Crippen molar-refractivity contribution in [2.45, 2.75) is 31.8 Å². The number of nitrogens with one attached hydrogen (secondary N) is 1. The second-order valence-corrected chi connectivity index (χ2v) is 5.28. The molecule has 0 atom stereocenters. The molecule has 1 saturated carbocycles. The Morgan fingerprint density at radius 1 is 1.50 bits per heavy atom. The normalized spacial score (nSPS) is 14.7. The molecule has 0 aliphatic heterocycles. The highest BCUT2D eigenvalue weighted by Crippen LogP contribution is 2.36. The van der Waals surface area contributed by atoms with E-state index >= 15 is 0 Å². The monoisotopic (exact) mass is 298 g/mol. The van der Waals surface area contributed by atoms with Crippen LogP contribution in [-0.2, 0) is 11.3 Å². The fourth-order valence-electron chi connectivity index (χ4n) is 2.03. The van der Waals surface area contributed by atoms with Crippen LogP contribution in [0, 0.1) is 0 Å². The minimum absolute atomic E-state index is 0.226. The number of carbonyl (C=O) groups excluding carboxylic acids is 1. The van der Waals surface area contributed by atoms with Crippen molar-refractivity contribution in [1.29, 1.82) is 0 Å². The molecule has 0 radical (unpaired) electrons. The summed E-state index contributed by atoms with van der Waals surface area (Å²) in [6.45, 7) is 0.507. The number of ether oxygens (including phenoxy) is 2. The predicted molar refractivity (Wildman–Crippen MR) is 77.2 cm³/mol. The second-order valence-electron chi connectivity index (χ2n) is 4.87. The van der Waals surface area contributed by atoms with E-state index in [-0.39, 0.29) is 6.61 Å². The first kappa shape index (κ1) is 14.9. The van der Waals surface area contributed by atoms with Crippen LogP contribution in [-0.4, -0.2) is 25.7 Å². The number of rotatable bonds is 7. The number of methoxy groups -OCH3 is 1. The van der Waals surface area contributed by atoms with Gasteiger partial charge < -0.3 is 20.5 Å². The van der Waals surface area contributed by atoms with Crippen molar-refractivity contribution in [2.75, 3.05) is 13.7 Å². The SMILES string of the molecule is COc1cc(CNC2CCC2)cc(Cl)c1OCC(N)=O. The zero-order valence-electron chi connectivity index (χ0n) is 11.4. The van der Waals surface area contributed by atoms with Crippen LogP contribution in [0.15, 0.2) is 12.1 Å². The number of hydrogen-bond acceptors (Lipinski definition) is 4. The summed E-state index contributed by atoms with van der Waals surface area (Å²) < 4.78 is 10.5. The van der Waals surface area contributed by atoms with E-state index in [0.29, 0.717) is 22.6 Å². The molecule has 0 spiro atoms. The van der Waals surface area contributed by atoms with Crippen molar-refractivity contribution in [3.8, 4) is 11.5 Å². The molecule has 1 amide bonds. The molecule has 6 heteroatoms. The number of carbonyl (C=O) groups is 1. The topological polar surface area (TPSA) is 73.6 Å². The minimum Gasteiger partial charge on any atom is -0.493 e. The maximum Gasteiger partial charge on any atom is 0.255 e. The van der Waals surface area contributed by atoms with E-state index in [0.717, 1.165) is 12.1 Å². The van der Waals surface area contributed by atoms with Crippen molar-refractivity contribution < 1.29 is 14.3 Å². The molecule has 110 valence electrons. The van der Waals surface area contributed by atoms with Crippen LogP contribution < -0.4 is 20.5 Å². The highest BCUT2D eigenvalue weighted by atomic mass is 35.5. The number of halogens is 1. The molecule has 1 aromatic carbocycles. The third-order valence-electron chi connectivity index (χ3n) is 3.35. The van der Waals surface area contributed by atoms with E-state index in [1.54, 1.807) is 0 Å². The molecule has 1 fully saturated rings. The Morgan fingerprint density at radius 3 is 2.80 bits per heavy atom. The highest BCUT2D eigenvalue weighted by Gasteiger charge is 2.17. The summed E-state index contributed by atoms with van der Waals surface area (Å²) in [5, 5.41) is 3.87. The van der Waals surface area contributed by atoms with Crippen molar-refractivity contribution in [2.24, 2.45) is 5.73 Å². The predicted octanol–water partition coefficient (Wildman–Crippen LogP) is 1.85. The zero-order valence-corrected chi connectivity index (χ0v) is 12.2. The largest absolute Gasteiger partial charge is 0.493 e. The molecule has 0 heterocycles. The van der Waals surface area contributed by atoms with Gasteiger partial charge in [0.05, 0.1) is 12.1 Å². The highest BCUT2D eigenvalue weighted by molar-refractivity contribution is 6.32. The molecule has 3 N–H and O–H groups in total. The van der Waals surface area contributed by atoms with E-state index in [1.807, 2.05) is 12.1 Å². The Hall–Kier alpha value is -1.46. The molecule has 0 unspecified atom stereocenters. The van der Waals surface area contributed by atoms with Crippen LogP contribution in [0.1, 0.15) is 24.8 Å². The van der Waals surface area contributed by atoms with Crippen LogP contribution >= 0.6 is 11.6 Å². The summed E-state index contributed by atoms with van der Waals surface area (Å²) in [6, 6.07) is 4.27. The fourth-order valence-corrected chi connectivity index (χ4v) is 2.32. The zero-order chi connectivity index (χ0) is 14.5. The third kappa shape index (κ3) is 3.77. The summed E-state index contributed by atoms with van der Waals surface area (Å²) >= 11 is 6.18. The number of hydrogen-bond donors (Lipinski definition) is 2. The smallest absolute Gasteiger partial charge is 0.255 e. The summed E-state index contributed by atoms with van der Waals surface area (Å²) in [5.41, 5.74) is 6.08. The van der Waals surface area contributed by atoms with Gasteiger partial charge >= 0.3 is 0 Å². The molecule has 20 heavy (non-hydrogen) atoms. The van der Waals surface area contributed by atoms with Crippen LogP contribution in [0.3, 0.4) is 0 Å². The van der Waals surface area contributed by atoms with Gasteiger partial charge in [0.15, 0.2) is 18.1 Å². The van der Waals surface area contributed by atoms with Crippen molar-refractivity contribution in [1.82, 2.24) is 5.32 Å². The molecule has 0 aromatic heterocycles. The Labute approximate surface area is 123 Å². The minimum atomic E-state index is -0.557. The maximum absolute atomic E-state index is 10.8. The molecular formula is C14H19ClN2O3. The molecule has 1 aromatic rings. The lowest BCUT2D eigenvalue weighted by molar-refractivity contribution is -0.119. The van der Waals surface area contributed by atoms with Crippen LogP contribution in [0.25, 0.3) is 0 Å². The van der Waals surface area contributed by atoms with Crippen molar-refractivity contribution >= 4 is 17.5 Å². The van der Waals surface area contributed by atoms with Crippen molar-refractivity contribution in [3.63, 3.8) is 0 Å². The quantitative estimate of drug-likeness (QED) is 0.806. The van der Waals surface area contributed by atoms with Crippen LogP contribution in [0.4, 0.5) is 0 Å². The molecule has 1 aliphatic carbocycles. The van der Waals surface area contributed by atoms with E-state index in [2.05, 4.69) is 5.32 Å². The van der Waals surface area contributed by atoms with Gasteiger partial charge in [-0.15, -0.1) is 0 Å². The van der Waals surface area contributed by atoms with Gasteiger partial charge in [0, 0.05) is 12.6 Å². The van der Waals surface area contributed by atoms with Crippen LogP contribution in [0.2, 0.25) is 5.02 Å². The fraction of sp³-hybridized carbons (Fsp3) is 0.500. The van der Waals surface area contributed by atoms with Gasteiger partial charge in [-0.1, -0.05) is 18.0 Å². The van der Waals surface area contributed by atoms with Gasteiger partial charge in [0.25, 0.3) is 5.91 Å². The number of benzene rings is 1. The third-order valence-corrected chi connectivity index (χ3v) is 3.63. The van der Waals surface area contributed by atoms with Gasteiger partial charge in [-0.25, -0.2) is 0 Å². The molecular weight excluding hydrogens is 280 g/mol. The van der Waals surface area contributed by atoms with Gasteiger partial charge in [0.2, 0.25) is 0 Å². The Kier molecular flexibility index (Phi) is 5.09. The molecule has 0 bridgehead atoms. The molecule has 2 rings (SSSR count). The lowest BCUT2D eigenvalue weighted by atomic mass is 9.93. The summed E-state index contributed by atoms with van der Waals surface area (Å²) in [4.78, 5) is 10.8. The van der Waals surface area contributed by atoms with Gasteiger partial charge in [-0.2, -0.15) is 0 Å². The first-order valence-corrected chi connectivity index (χ1v) is 6.99. The molecule has 0 saturated heterocycles. The maximum atomic E-state index is 10.8. The first-order chi connectivity index (χ1) is 9.60. The average Bonchev–Trinajstić information content (AvgIpc) is 2.34. The van der Waals surface area contributed by atoms with Crippen LogP contribution in [0.5, 0.6) is 11.5 Å². The molecule has 1 aliphatic rings. The first-order valence-electron chi connectivity index (χ1n) is 6.61. The van der Waals surface area contributed by atoms with Gasteiger partial charge in [-0.05, 0) is 30.5 Å². The van der Waals surface area contributed by atoms with E-state index in [1.165, 1.54) is 26.4 Å². The van der Waals surface area contributed by atoms with Crippen molar-refractivity contribution in [3.05, 3.63) is 22.7 Å². The summed E-state index contributed by atoms with van der Waals surface area (Å²) in [5.74, 6) is 0.295. The Morgan fingerprint density at radius 2 is 2.25 bits per heavy atom. The van der Waals surface area contributed by atoms with Gasteiger partial charge in [0.1, 0.15) is 0 Å². The number of primary amides is 1. The summed E-state index contributed by atoms with van der Waals surface area (Å²) in [7, 11) is 1.53. The van der Waals surface area contributed by atoms with Gasteiger partial charge in [-0.3, -0.25) is 4.79 Å². The Bertz CT molecular complexity index is 490. The summed E-state index contributed by atoms with van der Waals surface area (Å²) in [6.07, 6.45) is 3.75. The van der Waals surface area contributed by atoms with E-state index < -0.39 is 5.91 Å². The van der Waals surface area contributed by atoms with E-state index in [9.17, 15) is 4.79 Å². The Balaban J connectivity index is 2.07. The number of amides is 1. The second kappa shape index (κ2) is 6.81. The molecule has 5 nitrogen and oxygen atoms in total. The standard InChI is InChI=1S/C14H19ClN2O3/c1-19-12-6-9(7-17-10-3-2-4-10)5-11(15)14(12)20-8-13(16)18/h5-6,10,17H,2-4,7-8H2,1H3,(H2,16,18). The van der Waals surface area contributed by atoms with E-state index in [4.69, 9.17) is 26.8 Å². The average molecular weight is 299 g/mol.